The zero-order valence-electron chi connectivity index (χ0n) is 9.13. The lowest BCUT2D eigenvalue weighted by atomic mass is 10.1. The second-order valence-corrected chi connectivity index (χ2v) is 3.88. The number of nitrogens with zero attached hydrogens (tertiary/aromatic N) is 2. The lowest BCUT2D eigenvalue weighted by Crippen LogP contribution is -2.20. The highest BCUT2D eigenvalue weighted by Crippen LogP contribution is 2.13. The van der Waals surface area contributed by atoms with E-state index in [1.165, 1.54) is 0 Å². The molecule has 0 spiro atoms. The van der Waals surface area contributed by atoms with Crippen LogP contribution in [0.5, 0.6) is 0 Å². The Labute approximate surface area is 98.6 Å². The van der Waals surface area contributed by atoms with E-state index in [2.05, 4.69) is 10.5 Å². The van der Waals surface area contributed by atoms with Crippen molar-refractivity contribution in [1.82, 2.24) is 9.99 Å². The Morgan fingerprint density at radius 1 is 1.12 bits per heavy atom. The van der Waals surface area contributed by atoms with Gasteiger partial charge in [0.25, 0.3) is 5.91 Å². The third kappa shape index (κ3) is 1.73. The van der Waals surface area contributed by atoms with Crippen LogP contribution in [0.1, 0.15) is 11.3 Å². The van der Waals surface area contributed by atoms with Crippen LogP contribution in [-0.2, 0) is 11.3 Å². The van der Waals surface area contributed by atoms with Crippen molar-refractivity contribution in [3.8, 4) is 0 Å². The van der Waals surface area contributed by atoms with Gasteiger partial charge in [-0.05, 0) is 12.1 Å². The molecule has 0 saturated heterocycles. The van der Waals surface area contributed by atoms with Crippen molar-refractivity contribution in [2.75, 3.05) is 0 Å². The van der Waals surface area contributed by atoms with E-state index in [9.17, 15) is 4.79 Å². The fourth-order valence-corrected chi connectivity index (χ4v) is 1.94. The minimum absolute atomic E-state index is 0.103. The molecular weight excluding hydrogens is 214 g/mol. The first-order chi connectivity index (χ1) is 8.34. The summed E-state index contributed by atoms with van der Waals surface area (Å²) in [5.41, 5.74) is 5.30. The van der Waals surface area contributed by atoms with E-state index in [1.54, 1.807) is 0 Å². The van der Waals surface area contributed by atoms with Crippen molar-refractivity contribution in [1.29, 1.82) is 0 Å². The molecule has 0 saturated carbocycles. The number of benzene rings is 1. The van der Waals surface area contributed by atoms with Gasteiger partial charge in [-0.3, -0.25) is 4.79 Å². The van der Waals surface area contributed by atoms with Crippen molar-refractivity contribution in [3.63, 3.8) is 0 Å². The maximum absolute atomic E-state index is 11.5. The van der Waals surface area contributed by atoms with Gasteiger partial charge in [0, 0.05) is 11.8 Å². The molecule has 2 heterocycles. The molecule has 0 unspecified atom stereocenters. The predicted molar refractivity (Wildman–Crippen MR) is 64.7 cm³/mol. The molecule has 0 atom stereocenters. The molecule has 4 nitrogen and oxygen atoms in total. The second kappa shape index (κ2) is 3.90. The van der Waals surface area contributed by atoms with Crippen LogP contribution in [0.25, 0.3) is 0 Å². The summed E-state index contributed by atoms with van der Waals surface area (Å²) in [7, 11) is 0. The molecule has 1 N–H and O–H groups in total. The summed E-state index contributed by atoms with van der Waals surface area (Å²) in [5, 5.41) is 4.18. The minimum Gasteiger partial charge on any atom is -0.337 e. The Kier molecular flexibility index (Phi) is 2.26. The SMILES string of the molecule is O=C1Cn2cccc2C(c2ccccc2)=NN1. The maximum Gasteiger partial charge on any atom is 0.260 e. The first kappa shape index (κ1) is 9.84. The third-order valence-electron chi connectivity index (χ3n) is 2.73. The van der Waals surface area contributed by atoms with Crippen molar-refractivity contribution in [2.45, 2.75) is 6.54 Å². The van der Waals surface area contributed by atoms with Crippen LogP contribution in [0, 0.1) is 0 Å². The van der Waals surface area contributed by atoms with Crippen LogP contribution >= 0.6 is 0 Å². The normalized spacial score (nSPS) is 14.6. The zero-order valence-corrected chi connectivity index (χ0v) is 9.13. The molecule has 0 radical (unpaired) electrons. The van der Waals surface area contributed by atoms with Gasteiger partial charge >= 0.3 is 0 Å². The number of hydrogen-bond acceptors (Lipinski definition) is 2. The average Bonchev–Trinajstić information content (AvgIpc) is 2.73. The van der Waals surface area contributed by atoms with Gasteiger partial charge in [0.05, 0.1) is 5.69 Å². The highest BCUT2D eigenvalue weighted by Gasteiger charge is 2.16. The van der Waals surface area contributed by atoms with E-state index in [-0.39, 0.29) is 5.91 Å². The number of aromatic nitrogens is 1. The summed E-state index contributed by atoms with van der Waals surface area (Å²) < 4.78 is 1.90. The number of carbonyl (C=O) groups excluding carboxylic acids is 1. The Bertz CT molecular complexity index is 584. The highest BCUT2D eigenvalue weighted by atomic mass is 16.2. The van der Waals surface area contributed by atoms with Crippen LogP contribution in [0.4, 0.5) is 0 Å². The molecule has 17 heavy (non-hydrogen) atoms. The van der Waals surface area contributed by atoms with E-state index in [1.807, 2.05) is 53.2 Å². The van der Waals surface area contributed by atoms with Crippen LogP contribution in [0.3, 0.4) is 0 Å². The monoisotopic (exact) mass is 225 g/mol. The van der Waals surface area contributed by atoms with E-state index in [0.717, 1.165) is 17.0 Å². The van der Waals surface area contributed by atoms with Gasteiger partial charge in [-0.2, -0.15) is 5.10 Å². The molecule has 1 aromatic heterocycles. The number of hydrazone groups is 1. The number of fused-ring (bicyclic) bond motifs is 1. The number of carbonyl (C=O) groups is 1. The van der Waals surface area contributed by atoms with E-state index < -0.39 is 0 Å². The second-order valence-electron chi connectivity index (χ2n) is 3.88. The molecular formula is C13H11N3O. The Balaban J connectivity index is 2.14. The van der Waals surface area contributed by atoms with Crippen molar-refractivity contribution < 1.29 is 4.79 Å². The minimum atomic E-state index is -0.103. The smallest absolute Gasteiger partial charge is 0.260 e. The van der Waals surface area contributed by atoms with Gasteiger partial charge in [-0.15, -0.1) is 0 Å². The molecule has 0 aliphatic carbocycles. The molecule has 0 bridgehead atoms. The number of rotatable bonds is 1. The number of hydrogen-bond donors (Lipinski definition) is 1. The maximum atomic E-state index is 11.5. The van der Waals surface area contributed by atoms with Crippen LogP contribution in [0.2, 0.25) is 0 Å². The quantitative estimate of drug-likeness (QED) is 0.782. The van der Waals surface area contributed by atoms with Crippen LogP contribution < -0.4 is 5.43 Å². The molecule has 2 aromatic rings. The topological polar surface area (TPSA) is 46.4 Å². The first-order valence-corrected chi connectivity index (χ1v) is 5.42. The highest BCUT2D eigenvalue weighted by molar-refractivity contribution is 6.12. The molecule has 3 rings (SSSR count). The summed E-state index contributed by atoms with van der Waals surface area (Å²) in [6.07, 6.45) is 1.89. The van der Waals surface area contributed by atoms with Gasteiger partial charge in [-0.1, -0.05) is 30.3 Å². The van der Waals surface area contributed by atoms with Gasteiger partial charge in [-0.25, -0.2) is 5.43 Å². The third-order valence-corrected chi connectivity index (χ3v) is 2.73. The molecule has 1 aliphatic heterocycles. The van der Waals surface area contributed by atoms with Crippen molar-refractivity contribution in [3.05, 3.63) is 59.9 Å². The van der Waals surface area contributed by atoms with E-state index in [4.69, 9.17) is 0 Å². The summed E-state index contributed by atoms with van der Waals surface area (Å²) in [5.74, 6) is -0.103. The molecule has 84 valence electrons. The van der Waals surface area contributed by atoms with Crippen molar-refractivity contribution in [2.24, 2.45) is 5.10 Å². The predicted octanol–water partition coefficient (Wildman–Crippen LogP) is 1.37. The van der Waals surface area contributed by atoms with E-state index in [0.29, 0.717) is 6.54 Å². The standard InChI is InChI=1S/C13H11N3O/c17-12-9-16-8-4-7-11(16)13(15-14-12)10-5-2-1-3-6-10/h1-8H,9H2,(H,14,17). The van der Waals surface area contributed by atoms with Crippen LogP contribution in [0.15, 0.2) is 53.8 Å². The van der Waals surface area contributed by atoms with E-state index >= 15 is 0 Å². The van der Waals surface area contributed by atoms with Gasteiger partial charge in [0.15, 0.2) is 0 Å². The summed E-state index contributed by atoms with van der Waals surface area (Å²) in [6, 6.07) is 13.7. The molecule has 1 amide bonds. The molecule has 0 fully saturated rings. The lowest BCUT2D eigenvalue weighted by molar-refractivity contribution is -0.121. The molecule has 1 aromatic carbocycles. The summed E-state index contributed by atoms with van der Waals surface area (Å²) >= 11 is 0. The largest absolute Gasteiger partial charge is 0.337 e. The average molecular weight is 225 g/mol. The fraction of sp³-hybridized carbons (Fsp3) is 0.0769. The van der Waals surface area contributed by atoms with Gasteiger partial charge in [0.1, 0.15) is 12.3 Å². The summed E-state index contributed by atoms with van der Waals surface area (Å²) in [4.78, 5) is 11.5. The lowest BCUT2D eigenvalue weighted by Gasteiger charge is -2.05. The number of amides is 1. The Morgan fingerprint density at radius 3 is 2.76 bits per heavy atom. The van der Waals surface area contributed by atoms with Gasteiger partial charge in [0.2, 0.25) is 0 Å². The van der Waals surface area contributed by atoms with Crippen molar-refractivity contribution >= 4 is 11.6 Å². The summed E-state index contributed by atoms with van der Waals surface area (Å²) in [6.45, 7) is 0.308. The number of nitrogens with one attached hydrogen (secondary N) is 1. The van der Waals surface area contributed by atoms with Gasteiger partial charge < -0.3 is 4.57 Å². The first-order valence-electron chi connectivity index (χ1n) is 5.42. The Hall–Kier alpha value is -2.36. The molecule has 4 heteroatoms. The Morgan fingerprint density at radius 2 is 1.94 bits per heavy atom. The zero-order chi connectivity index (χ0) is 11.7. The fourth-order valence-electron chi connectivity index (χ4n) is 1.94. The molecule has 1 aliphatic rings. The van der Waals surface area contributed by atoms with Crippen LogP contribution in [-0.4, -0.2) is 16.2 Å².